The second kappa shape index (κ2) is 12.2. The molecule has 0 amide bonds. The summed E-state index contributed by atoms with van der Waals surface area (Å²) in [7, 11) is 0. The van der Waals surface area contributed by atoms with Crippen LogP contribution < -0.4 is 5.32 Å². The van der Waals surface area contributed by atoms with Crippen LogP contribution in [0.5, 0.6) is 0 Å². The first-order valence-electron chi connectivity index (χ1n) is 6.11. The highest BCUT2D eigenvalue weighted by Crippen LogP contribution is 1.90. The zero-order chi connectivity index (χ0) is 12.1. The van der Waals surface area contributed by atoms with Crippen LogP contribution in [0.1, 0.15) is 20.8 Å². The molecule has 0 aliphatic heterocycles. The van der Waals surface area contributed by atoms with E-state index in [1.54, 1.807) is 0 Å². The van der Waals surface area contributed by atoms with Crippen LogP contribution in [0.2, 0.25) is 0 Å². The van der Waals surface area contributed by atoms with Crippen molar-refractivity contribution in [1.29, 1.82) is 0 Å². The third-order valence-corrected chi connectivity index (χ3v) is 2.30. The van der Waals surface area contributed by atoms with Crippen LogP contribution in [0.4, 0.5) is 0 Å². The largest absolute Gasteiger partial charge is 0.312 e. The average molecular weight is 222 g/mol. The van der Waals surface area contributed by atoms with Crippen molar-refractivity contribution in [2.75, 3.05) is 32.7 Å². The minimum Gasteiger partial charge on any atom is -0.312 e. The van der Waals surface area contributed by atoms with E-state index in [0.717, 1.165) is 32.7 Å². The molecule has 92 valence electrons. The molecule has 0 aliphatic carbocycles. The van der Waals surface area contributed by atoms with Crippen LogP contribution in [0.15, 0.2) is 36.5 Å². The van der Waals surface area contributed by atoms with E-state index in [-0.39, 0.29) is 0 Å². The van der Waals surface area contributed by atoms with Gasteiger partial charge in [0.25, 0.3) is 0 Å². The summed E-state index contributed by atoms with van der Waals surface area (Å²) < 4.78 is 0. The Morgan fingerprint density at radius 3 is 1.94 bits per heavy atom. The van der Waals surface area contributed by atoms with E-state index in [0.29, 0.717) is 0 Å². The highest BCUT2D eigenvalue weighted by molar-refractivity contribution is 4.87. The van der Waals surface area contributed by atoms with Crippen molar-refractivity contribution in [3.63, 3.8) is 0 Å². The molecule has 2 heteroatoms. The van der Waals surface area contributed by atoms with Crippen LogP contribution in [-0.4, -0.2) is 37.6 Å². The van der Waals surface area contributed by atoms with Crippen LogP contribution in [-0.2, 0) is 0 Å². The molecular formula is C14H26N2. The molecule has 0 bridgehead atoms. The molecule has 2 nitrogen and oxygen atoms in total. The van der Waals surface area contributed by atoms with Gasteiger partial charge in [-0.1, -0.05) is 36.5 Å². The fraction of sp³-hybridized carbons (Fsp3) is 0.571. The van der Waals surface area contributed by atoms with E-state index in [4.69, 9.17) is 0 Å². The quantitative estimate of drug-likeness (QED) is 0.476. The average Bonchev–Trinajstić information content (AvgIpc) is 2.31. The monoisotopic (exact) mass is 222 g/mol. The fourth-order valence-corrected chi connectivity index (χ4v) is 1.31. The van der Waals surface area contributed by atoms with Gasteiger partial charge in [-0.3, -0.25) is 4.90 Å². The first kappa shape index (κ1) is 15.1. The third-order valence-electron chi connectivity index (χ3n) is 2.30. The predicted octanol–water partition coefficient (Wildman–Crippen LogP) is 2.61. The summed E-state index contributed by atoms with van der Waals surface area (Å²) in [5.74, 6) is 0. The minimum atomic E-state index is 0.970. The molecule has 0 fully saturated rings. The predicted molar refractivity (Wildman–Crippen MR) is 73.8 cm³/mol. The number of rotatable bonds is 9. The van der Waals surface area contributed by atoms with Gasteiger partial charge in [0.2, 0.25) is 0 Å². The normalized spacial score (nSPS) is 12.8. The van der Waals surface area contributed by atoms with E-state index < -0.39 is 0 Å². The van der Waals surface area contributed by atoms with Gasteiger partial charge in [0.15, 0.2) is 0 Å². The topological polar surface area (TPSA) is 15.3 Å². The summed E-state index contributed by atoms with van der Waals surface area (Å²) in [6.45, 7) is 11.4. The number of nitrogens with zero attached hydrogens (tertiary/aromatic N) is 1. The summed E-state index contributed by atoms with van der Waals surface area (Å²) in [4.78, 5) is 2.42. The van der Waals surface area contributed by atoms with Crippen molar-refractivity contribution >= 4 is 0 Å². The SMILES string of the molecule is CC=CCNCCN(CC=CC)CC=CC. The summed E-state index contributed by atoms with van der Waals surface area (Å²) >= 11 is 0. The Balaban J connectivity index is 3.72. The molecule has 0 saturated carbocycles. The minimum absolute atomic E-state index is 0.970. The van der Waals surface area contributed by atoms with Crippen molar-refractivity contribution in [3.8, 4) is 0 Å². The zero-order valence-electron chi connectivity index (χ0n) is 10.9. The van der Waals surface area contributed by atoms with Gasteiger partial charge in [0.05, 0.1) is 0 Å². The molecule has 0 atom stereocenters. The number of hydrogen-bond acceptors (Lipinski definition) is 2. The number of nitrogens with one attached hydrogen (secondary N) is 1. The van der Waals surface area contributed by atoms with Crippen molar-refractivity contribution in [2.45, 2.75) is 20.8 Å². The van der Waals surface area contributed by atoms with Gasteiger partial charge in [-0.2, -0.15) is 0 Å². The molecule has 0 aromatic rings. The number of allylic oxidation sites excluding steroid dienone is 3. The molecular weight excluding hydrogens is 196 g/mol. The Hall–Kier alpha value is -0.860. The van der Waals surface area contributed by atoms with E-state index in [2.05, 4.69) is 60.5 Å². The van der Waals surface area contributed by atoms with Gasteiger partial charge in [-0.15, -0.1) is 0 Å². The Morgan fingerprint density at radius 1 is 0.875 bits per heavy atom. The van der Waals surface area contributed by atoms with Crippen molar-refractivity contribution in [1.82, 2.24) is 10.2 Å². The molecule has 0 aromatic heterocycles. The zero-order valence-corrected chi connectivity index (χ0v) is 10.9. The first-order valence-corrected chi connectivity index (χ1v) is 6.11. The smallest absolute Gasteiger partial charge is 0.0166 e. The number of hydrogen-bond donors (Lipinski definition) is 1. The summed E-state index contributed by atoms with van der Waals surface area (Å²) in [5.41, 5.74) is 0. The lowest BCUT2D eigenvalue weighted by atomic mass is 10.4. The molecule has 0 spiro atoms. The van der Waals surface area contributed by atoms with Gasteiger partial charge in [-0.05, 0) is 20.8 Å². The van der Waals surface area contributed by atoms with Gasteiger partial charge in [-0.25, -0.2) is 0 Å². The molecule has 0 radical (unpaired) electrons. The van der Waals surface area contributed by atoms with Crippen molar-refractivity contribution < 1.29 is 0 Å². The van der Waals surface area contributed by atoms with Gasteiger partial charge in [0, 0.05) is 32.7 Å². The van der Waals surface area contributed by atoms with Gasteiger partial charge in [0.1, 0.15) is 0 Å². The Kier molecular flexibility index (Phi) is 11.6. The second-order valence-corrected chi connectivity index (χ2v) is 3.67. The lowest BCUT2D eigenvalue weighted by Crippen LogP contribution is -2.32. The molecule has 1 N–H and O–H groups in total. The molecule has 0 heterocycles. The molecule has 0 unspecified atom stereocenters. The lowest BCUT2D eigenvalue weighted by Gasteiger charge is -2.18. The lowest BCUT2D eigenvalue weighted by molar-refractivity contribution is 0.334. The molecule has 0 rings (SSSR count). The van der Waals surface area contributed by atoms with Gasteiger partial charge >= 0.3 is 0 Å². The molecule has 0 aromatic carbocycles. The van der Waals surface area contributed by atoms with E-state index in [9.17, 15) is 0 Å². The maximum absolute atomic E-state index is 3.39. The fourth-order valence-electron chi connectivity index (χ4n) is 1.31. The Morgan fingerprint density at radius 2 is 1.44 bits per heavy atom. The Bertz CT molecular complexity index is 203. The van der Waals surface area contributed by atoms with E-state index in [1.165, 1.54) is 0 Å². The van der Waals surface area contributed by atoms with Crippen LogP contribution in [0.25, 0.3) is 0 Å². The highest BCUT2D eigenvalue weighted by Gasteiger charge is 1.98. The highest BCUT2D eigenvalue weighted by atomic mass is 15.1. The van der Waals surface area contributed by atoms with Crippen LogP contribution in [0.3, 0.4) is 0 Å². The molecule has 0 aliphatic rings. The summed E-state index contributed by atoms with van der Waals surface area (Å²) in [6, 6.07) is 0. The standard InChI is InChI=1S/C14H26N2/c1-4-7-10-15-11-14-16(12-8-5-2)13-9-6-3/h4-9,15H,10-14H2,1-3H3. The maximum atomic E-state index is 3.39. The van der Waals surface area contributed by atoms with Crippen LogP contribution in [0, 0.1) is 0 Å². The Labute approximate surface area is 101 Å². The first-order chi connectivity index (χ1) is 7.85. The van der Waals surface area contributed by atoms with Gasteiger partial charge < -0.3 is 5.32 Å². The summed E-state index contributed by atoms with van der Waals surface area (Å²) in [5, 5.41) is 3.39. The van der Waals surface area contributed by atoms with Crippen molar-refractivity contribution in [3.05, 3.63) is 36.5 Å². The van der Waals surface area contributed by atoms with E-state index in [1.807, 2.05) is 6.92 Å². The second-order valence-electron chi connectivity index (χ2n) is 3.67. The maximum Gasteiger partial charge on any atom is 0.0166 e. The van der Waals surface area contributed by atoms with Crippen LogP contribution >= 0.6 is 0 Å². The van der Waals surface area contributed by atoms with E-state index >= 15 is 0 Å². The molecule has 0 saturated heterocycles. The van der Waals surface area contributed by atoms with Crippen molar-refractivity contribution in [2.24, 2.45) is 0 Å². The molecule has 16 heavy (non-hydrogen) atoms. The third kappa shape index (κ3) is 9.69. The summed E-state index contributed by atoms with van der Waals surface area (Å²) in [6.07, 6.45) is 12.8.